The maximum atomic E-state index is 11.5. The first kappa shape index (κ1) is 13.9. The fraction of sp³-hybridized carbons (Fsp3) is 0.462. The zero-order valence-corrected chi connectivity index (χ0v) is 11.2. The van der Waals surface area contributed by atoms with E-state index in [2.05, 4.69) is 5.32 Å². The van der Waals surface area contributed by atoms with Crippen molar-refractivity contribution in [3.05, 3.63) is 24.3 Å². The lowest BCUT2D eigenvalue weighted by molar-refractivity contribution is -0.116. The van der Waals surface area contributed by atoms with Crippen LogP contribution in [0, 0.1) is 0 Å². The van der Waals surface area contributed by atoms with Crippen LogP contribution in [0.4, 0.5) is 5.69 Å². The molecule has 1 rings (SSSR count). The first-order chi connectivity index (χ1) is 8.26. The molecule has 1 aromatic carbocycles. The van der Waals surface area contributed by atoms with E-state index in [1.807, 2.05) is 37.4 Å². The van der Waals surface area contributed by atoms with E-state index in [4.69, 9.17) is 4.74 Å². The largest absolute Gasteiger partial charge is 0.494 e. The van der Waals surface area contributed by atoms with Crippen molar-refractivity contribution in [3.63, 3.8) is 0 Å². The molecule has 3 nitrogen and oxygen atoms in total. The van der Waals surface area contributed by atoms with E-state index in [1.165, 1.54) is 0 Å². The van der Waals surface area contributed by atoms with Crippen LogP contribution in [0.15, 0.2) is 24.3 Å². The third-order valence-corrected chi connectivity index (χ3v) is 2.90. The quantitative estimate of drug-likeness (QED) is 0.759. The minimum atomic E-state index is 0.0724. The maximum Gasteiger partial charge on any atom is 0.224 e. The van der Waals surface area contributed by atoms with Gasteiger partial charge in [0, 0.05) is 12.1 Å². The molecule has 0 atom stereocenters. The van der Waals surface area contributed by atoms with Gasteiger partial charge in [-0.1, -0.05) is 0 Å². The van der Waals surface area contributed by atoms with Crippen molar-refractivity contribution in [1.29, 1.82) is 0 Å². The Bertz CT molecular complexity index is 338. The lowest BCUT2D eigenvalue weighted by atomic mass is 10.2. The smallest absolute Gasteiger partial charge is 0.224 e. The van der Waals surface area contributed by atoms with Crippen molar-refractivity contribution in [3.8, 4) is 5.75 Å². The van der Waals surface area contributed by atoms with Crippen molar-refractivity contribution < 1.29 is 9.53 Å². The molecule has 0 unspecified atom stereocenters. The summed E-state index contributed by atoms with van der Waals surface area (Å²) in [4.78, 5) is 11.5. The minimum absolute atomic E-state index is 0.0724. The van der Waals surface area contributed by atoms with Gasteiger partial charge in [-0.3, -0.25) is 4.79 Å². The van der Waals surface area contributed by atoms with Crippen LogP contribution in [0.2, 0.25) is 0 Å². The molecule has 0 heterocycles. The molecule has 0 saturated heterocycles. The third-order valence-electron chi connectivity index (χ3n) is 2.20. The molecule has 94 valence electrons. The number of carbonyl (C=O) groups is 1. The average Bonchev–Trinajstić information content (AvgIpc) is 2.32. The first-order valence-electron chi connectivity index (χ1n) is 5.78. The highest BCUT2D eigenvalue weighted by Gasteiger charge is 2.02. The number of amides is 1. The Kier molecular flexibility index (Phi) is 6.55. The van der Waals surface area contributed by atoms with Gasteiger partial charge in [0.15, 0.2) is 0 Å². The highest BCUT2D eigenvalue weighted by molar-refractivity contribution is 7.98. The predicted octanol–water partition coefficient (Wildman–Crippen LogP) is 3.17. The van der Waals surface area contributed by atoms with E-state index >= 15 is 0 Å². The summed E-state index contributed by atoms with van der Waals surface area (Å²) in [5.41, 5.74) is 0.822. The Hall–Kier alpha value is -1.16. The number of hydrogen-bond donors (Lipinski definition) is 1. The van der Waals surface area contributed by atoms with Gasteiger partial charge in [-0.15, -0.1) is 0 Å². The second-order valence-corrected chi connectivity index (χ2v) is 4.59. The average molecular weight is 253 g/mol. The number of benzene rings is 1. The number of carbonyl (C=O) groups excluding carboxylic acids is 1. The number of hydrogen-bond acceptors (Lipinski definition) is 3. The van der Waals surface area contributed by atoms with Gasteiger partial charge in [0.25, 0.3) is 0 Å². The van der Waals surface area contributed by atoms with Crippen LogP contribution < -0.4 is 10.1 Å². The molecule has 1 N–H and O–H groups in total. The molecule has 1 amide bonds. The zero-order chi connectivity index (χ0) is 12.5. The predicted molar refractivity (Wildman–Crippen MR) is 73.9 cm³/mol. The summed E-state index contributed by atoms with van der Waals surface area (Å²) in [5, 5.41) is 2.87. The second kappa shape index (κ2) is 8.01. The molecule has 0 aliphatic carbocycles. The summed E-state index contributed by atoms with van der Waals surface area (Å²) in [6.07, 6.45) is 3.54. The lowest BCUT2D eigenvalue weighted by Gasteiger charge is -2.06. The Morgan fingerprint density at radius 2 is 2.06 bits per heavy atom. The molecule has 1 aromatic rings. The lowest BCUT2D eigenvalue weighted by Crippen LogP contribution is -2.11. The van der Waals surface area contributed by atoms with E-state index in [0.29, 0.717) is 13.0 Å². The summed E-state index contributed by atoms with van der Waals surface area (Å²) >= 11 is 1.76. The first-order valence-corrected chi connectivity index (χ1v) is 7.17. The van der Waals surface area contributed by atoms with Crippen molar-refractivity contribution in [1.82, 2.24) is 0 Å². The maximum absolute atomic E-state index is 11.5. The normalized spacial score (nSPS) is 10.0. The molecule has 0 aliphatic rings. The zero-order valence-electron chi connectivity index (χ0n) is 10.4. The molecule has 0 aromatic heterocycles. The molecular formula is C13H19NO2S. The summed E-state index contributed by atoms with van der Waals surface area (Å²) < 4.78 is 5.33. The Balaban J connectivity index is 2.37. The number of ether oxygens (including phenoxy) is 1. The summed E-state index contributed by atoms with van der Waals surface area (Å²) in [6, 6.07) is 7.44. The van der Waals surface area contributed by atoms with Crippen LogP contribution in [-0.2, 0) is 4.79 Å². The van der Waals surface area contributed by atoms with Crippen LogP contribution in [0.1, 0.15) is 19.8 Å². The monoisotopic (exact) mass is 253 g/mol. The van der Waals surface area contributed by atoms with Gasteiger partial charge in [0.2, 0.25) is 5.91 Å². The molecule has 17 heavy (non-hydrogen) atoms. The van der Waals surface area contributed by atoms with Gasteiger partial charge >= 0.3 is 0 Å². The van der Waals surface area contributed by atoms with E-state index in [-0.39, 0.29) is 5.91 Å². The van der Waals surface area contributed by atoms with E-state index in [9.17, 15) is 4.79 Å². The van der Waals surface area contributed by atoms with Gasteiger partial charge in [-0.05, 0) is 49.6 Å². The molecule has 0 bridgehead atoms. The standard InChI is InChI=1S/C13H19NO2S/c1-3-16-12-8-6-11(7-9-12)14-13(15)5-4-10-17-2/h6-9H,3-5,10H2,1-2H3,(H,14,15). The number of nitrogens with one attached hydrogen (secondary N) is 1. The van der Waals surface area contributed by atoms with Gasteiger partial charge in [-0.2, -0.15) is 11.8 Å². The van der Waals surface area contributed by atoms with Crippen molar-refractivity contribution >= 4 is 23.4 Å². The van der Waals surface area contributed by atoms with E-state index in [1.54, 1.807) is 11.8 Å². The Morgan fingerprint density at radius 3 is 2.65 bits per heavy atom. The molecule has 4 heteroatoms. The molecule has 0 radical (unpaired) electrons. The second-order valence-electron chi connectivity index (χ2n) is 3.60. The van der Waals surface area contributed by atoms with E-state index < -0.39 is 0 Å². The van der Waals surface area contributed by atoms with Crippen LogP contribution in [-0.4, -0.2) is 24.5 Å². The van der Waals surface area contributed by atoms with E-state index in [0.717, 1.165) is 23.6 Å². The van der Waals surface area contributed by atoms with Crippen LogP contribution in [0.3, 0.4) is 0 Å². The van der Waals surface area contributed by atoms with Crippen molar-refractivity contribution in [2.24, 2.45) is 0 Å². The van der Waals surface area contributed by atoms with Gasteiger partial charge in [0.05, 0.1) is 6.61 Å². The third kappa shape index (κ3) is 5.63. The summed E-state index contributed by atoms with van der Waals surface area (Å²) in [5.74, 6) is 1.92. The minimum Gasteiger partial charge on any atom is -0.494 e. The highest BCUT2D eigenvalue weighted by atomic mass is 32.2. The fourth-order valence-corrected chi connectivity index (χ4v) is 1.83. The van der Waals surface area contributed by atoms with Gasteiger partial charge in [-0.25, -0.2) is 0 Å². The Labute approximate surface area is 107 Å². The molecule has 0 spiro atoms. The van der Waals surface area contributed by atoms with Gasteiger partial charge < -0.3 is 10.1 Å². The molecular weight excluding hydrogens is 234 g/mol. The van der Waals surface area contributed by atoms with Crippen molar-refractivity contribution in [2.45, 2.75) is 19.8 Å². The van der Waals surface area contributed by atoms with Crippen LogP contribution >= 0.6 is 11.8 Å². The van der Waals surface area contributed by atoms with Gasteiger partial charge in [0.1, 0.15) is 5.75 Å². The summed E-state index contributed by atoms with van der Waals surface area (Å²) in [6.45, 7) is 2.60. The topological polar surface area (TPSA) is 38.3 Å². The SMILES string of the molecule is CCOc1ccc(NC(=O)CCCSC)cc1. The molecule has 0 aliphatic heterocycles. The number of thioether (sulfide) groups is 1. The highest BCUT2D eigenvalue weighted by Crippen LogP contribution is 2.15. The molecule has 0 saturated carbocycles. The fourth-order valence-electron chi connectivity index (χ4n) is 1.40. The number of anilines is 1. The number of rotatable bonds is 7. The molecule has 0 fully saturated rings. The van der Waals surface area contributed by atoms with Crippen LogP contribution in [0.5, 0.6) is 5.75 Å². The summed E-state index contributed by atoms with van der Waals surface area (Å²) in [7, 11) is 0. The van der Waals surface area contributed by atoms with Crippen molar-refractivity contribution in [2.75, 3.05) is 23.9 Å². The Morgan fingerprint density at radius 1 is 1.35 bits per heavy atom. The van der Waals surface area contributed by atoms with Crippen LogP contribution in [0.25, 0.3) is 0 Å².